The number of nitrogens with one attached hydrogen (secondary N) is 1. The molecule has 62 valence electrons. The Balaban J connectivity index is 2.35. The summed E-state index contributed by atoms with van der Waals surface area (Å²) in [6, 6.07) is 1.86. The van der Waals surface area contributed by atoms with Crippen LogP contribution >= 0.6 is 11.3 Å². The van der Waals surface area contributed by atoms with Gasteiger partial charge in [0.1, 0.15) is 6.26 Å². The normalized spacial score (nSPS) is 10.1. The SMILES string of the molecule is CNc1nnc(-c2ccoc2)s1. The van der Waals surface area contributed by atoms with Gasteiger partial charge in [0.2, 0.25) is 5.13 Å². The molecular weight excluding hydrogens is 174 g/mol. The van der Waals surface area contributed by atoms with Gasteiger partial charge >= 0.3 is 0 Å². The fourth-order valence-electron chi connectivity index (χ4n) is 0.827. The van der Waals surface area contributed by atoms with E-state index in [1.807, 2.05) is 13.1 Å². The predicted molar refractivity (Wildman–Crippen MR) is 47.2 cm³/mol. The molecule has 0 aliphatic carbocycles. The minimum absolute atomic E-state index is 0.811. The van der Waals surface area contributed by atoms with Crippen molar-refractivity contribution >= 4 is 16.5 Å². The zero-order valence-electron chi connectivity index (χ0n) is 6.44. The van der Waals surface area contributed by atoms with E-state index in [9.17, 15) is 0 Å². The van der Waals surface area contributed by atoms with E-state index in [1.165, 1.54) is 11.3 Å². The maximum atomic E-state index is 4.93. The van der Waals surface area contributed by atoms with Crippen LogP contribution in [0.2, 0.25) is 0 Å². The van der Waals surface area contributed by atoms with Crippen molar-refractivity contribution in [3.05, 3.63) is 18.6 Å². The Morgan fingerprint density at radius 3 is 3.00 bits per heavy atom. The molecule has 0 aliphatic heterocycles. The monoisotopic (exact) mass is 181 g/mol. The van der Waals surface area contributed by atoms with Crippen LogP contribution in [0.15, 0.2) is 23.0 Å². The summed E-state index contributed by atoms with van der Waals surface area (Å²) >= 11 is 1.50. The van der Waals surface area contributed by atoms with Crippen molar-refractivity contribution in [3.63, 3.8) is 0 Å². The number of aromatic nitrogens is 2. The van der Waals surface area contributed by atoms with Crippen LogP contribution in [0.1, 0.15) is 0 Å². The maximum absolute atomic E-state index is 4.93. The first kappa shape index (κ1) is 7.30. The molecule has 0 bridgehead atoms. The summed E-state index contributed by atoms with van der Waals surface area (Å²) < 4.78 is 4.93. The Hall–Kier alpha value is -1.36. The standard InChI is InChI=1S/C7H7N3OS/c1-8-7-10-9-6(12-7)5-2-3-11-4-5/h2-4H,1H3,(H,8,10). The van der Waals surface area contributed by atoms with Crippen LogP contribution in [-0.4, -0.2) is 17.2 Å². The van der Waals surface area contributed by atoms with Gasteiger partial charge in [0.15, 0.2) is 5.01 Å². The zero-order chi connectivity index (χ0) is 8.39. The first-order chi connectivity index (χ1) is 5.90. The molecule has 0 saturated carbocycles. The van der Waals surface area contributed by atoms with Crippen molar-refractivity contribution in [1.29, 1.82) is 0 Å². The quantitative estimate of drug-likeness (QED) is 0.768. The molecular formula is C7H7N3OS. The summed E-state index contributed by atoms with van der Waals surface area (Å²) in [4.78, 5) is 0. The molecule has 2 heterocycles. The molecule has 0 radical (unpaired) electrons. The van der Waals surface area contributed by atoms with E-state index in [1.54, 1.807) is 12.5 Å². The van der Waals surface area contributed by atoms with E-state index in [-0.39, 0.29) is 0 Å². The summed E-state index contributed by atoms with van der Waals surface area (Å²) in [7, 11) is 1.82. The third-order valence-electron chi connectivity index (χ3n) is 1.41. The first-order valence-corrected chi connectivity index (χ1v) is 4.25. The summed E-state index contributed by atoms with van der Waals surface area (Å²) in [5.41, 5.74) is 0.967. The molecule has 12 heavy (non-hydrogen) atoms. The molecule has 4 nitrogen and oxygen atoms in total. The van der Waals surface area contributed by atoms with Gasteiger partial charge in [0, 0.05) is 7.05 Å². The van der Waals surface area contributed by atoms with Crippen LogP contribution in [-0.2, 0) is 0 Å². The molecule has 0 aliphatic rings. The number of hydrogen-bond donors (Lipinski definition) is 1. The fourth-order valence-corrected chi connectivity index (χ4v) is 1.51. The van der Waals surface area contributed by atoms with E-state index >= 15 is 0 Å². The van der Waals surface area contributed by atoms with Crippen LogP contribution < -0.4 is 5.32 Å². The van der Waals surface area contributed by atoms with E-state index in [2.05, 4.69) is 15.5 Å². The topological polar surface area (TPSA) is 51.0 Å². The molecule has 0 atom stereocenters. The van der Waals surface area contributed by atoms with Crippen molar-refractivity contribution in [3.8, 4) is 10.6 Å². The van der Waals surface area contributed by atoms with Crippen molar-refractivity contribution in [2.45, 2.75) is 0 Å². The summed E-state index contributed by atoms with van der Waals surface area (Å²) in [5, 5.41) is 12.5. The summed E-state index contributed by atoms with van der Waals surface area (Å²) in [6.07, 6.45) is 3.27. The molecule has 0 aromatic carbocycles. The van der Waals surface area contributed by atoms with E-state index < -0.39 is 0 Å². The van der Waals surface area contributed by atoms with Crippen LogP contribution in [0, 0.1) is 0 Å². The molecule has 0 amide bonds. The maximum Gasteiger partial charge on any atom is 0.205 e. The van der Waals surface area contributed by atoms with Crippen LogP contribution in [0.3, 0.4) is 0 Å². The van der Waals surface area contributed by atoms with Gasteiger partial charge in [-0.2, -0.15) is 0 Å². The third kappa shape index (κ3) is 1.18. The average molecular weight is 181 g/mol. The Kier molecular flexibility index (Phi) is 1.79. The van der Waals surface area contributed by atoms with Crippen LogP contribution in [0.5, 0.6) is 0 Å². The van der Waals surface area contributed by atoms with Crippen molar-refractivity contribution in [1.82, 2.24) is 10.2 Å². The third-order valence-corrected chi connectivity index (χ3v) is 2.40. The van der Waals surface area contributed by atoms with E-state index in [0.717, 1.165) is 15.7 Å². The van der Waals surface area contributed by atoms with Gasteiger partial charge in [0.05, 0.1) is 11.8 Å². The smallest absolute Gasteiger partial charge is 0.205 e. The second kappa shape index (κ2) is 2.94. The van der Waals surface area contributed by atoms with Gasteiger partial charge in [-0.15, -0.1) is 10.2 Å². The molecule has 0 spiro atoms. The van der Waals surface area contributed by atoms with Gasteiger partial charge in [0.25, 0.3) is 0 Å². The van der Waals surface area contributed by atoms with Crippen LogP contribution in [0.4, 0.5) is 5.13 Å². The zero-order valence-corrected chi connectivity index (χ0v) is 7.26. The molecule has 5 heteroatoms. The van der Waals surface area contributed by atoms with E-state index in [0.29, 0.717) is 0 Å². The van der Waals surface area contributed by atoms with Gasteiger partial charge in [-0.05, 0) is 6.07 Å². The largest absolute Gasteiger partial charge is 0.472 e. The minimum Gasteiger partial charge on any atom is -0.472 e. The van der Waals surface area contributed by atoms with Gasteiger partial charge in [-0.3, -0.25) is 0 Å². The number of anilines is 1. The Labute approximate surface area is 73.2 Å². The highest BCUT2D eigenvalue weighted by Crippen LogP contribution is 2.25. The Bertz CT molecular complexity index is 354. The summed E-state index contributed by atoms with van der Waals surface area (Å²) in [6.45, 7) is 0. The first-order valence-electron chi connectivity index (χ1n) is 3.44. The van der Waals surface area contributed by atoms with Crippen molar-refractivity contribution in [2.24, 2.45) is 0 Å². The van der Waals surface area contributed by atoms with Crippen molar-refractivity contribution in [2.75, 3.05) is 12.4 Å². The minimum atomic E-state index is 0.811. The molecule has 0 fully saturated rings. The highest BCUT2D eigenvalue weighted by molar-refractivity contribution is 7.18. The second-order valence-corrected chi connectivity index (χ2v) is 3.15. The second-order valence-electron chi connectivity index (χ2n) is 2.17. The van der Waals surface area contributed by atoms with Crippen molar-refractivity contribution < 1.29 is 4.42 Å². The lowest BCUT2D eigenvalue weighted by molar-refractivity contribution is 0.568. The fraction of sp³-hybridized carbons (Fsp3) is 0.143. The molecule has 1 N–H and O–H groups in total. The van der Waals surface area contributed by atoms with Crippen LogP contribution in [0.25, 0.3) is 10.6 Å². The number of hydrogen-bond acceptors (Lipinski definition) is 5. The highest BCUT2D eigenvalue weighted by Gasteiger charge is 2.05. The average Bonchev–Trinajstić information content (AvgIpc) is 2.75. The number of rotatable bonds is 2. The lowest BCUT2D eigenvalue weighted by atomic mass is 10.4. The predicted octanol–water partition coefficient (Wildman–Crippen LogP) is 1.84. The lowest BCUT2D eigenvalue weighted by Gasteiger charge is -1.84. The van der Waals surface area contributed by atoms with Gasteiger partial charge < -0.3 is 9.73 Å². The molecule has 2 aromatic heterocycles. The highest BCUT2D eigenvalue weighted by atomic mass is 32.1. The molecule has 0 unspecified atom stereocenters. The Morgan fingerprint density at radius 1 is 1.50 bits per heavy atom. The molecule has 2 aromatic rings. The van der Waals surface area contributed by atoms with E-state index in [4.69, 9.17) is 4.42 Å². The van der Waals surface area contributed by atoms with Gasteiger partial charge in [-0.1, -0.05) is 11.3 Å². The molecule has 2 rings (SSSR count). The number of nitrogens with zero attached hydrogens (tertiary/aromatic N) is 2. The number of furan rings is 1. The lowest BCUT2D eigenvalue weighted by Crippen LogP contribution is -1.84. The summed E-state index contributed by atoms with van der Waals surface area (Å²) in [5.74, 6) is 0. The van der Waals surface area contributed by atoms with Gasteiger partial charge in [-0.25, -0.2) is 0 Å². The Morgan fingerprint density at radius 2 is 2.42 bits per heavy atom. The molecule has 0 saturated heterocycles.